The van der Waals surface area contributed by atoms with E-state index in [9.17, 15) is 22.8 Å². The maximum absolute atomic E-state index is 12.5. The Balaban J connectivity index is 1.80. The second-order valence-electron chi connectivity index (χ2n) is 5.47. The van der Waals surface area contributed by atoms with E-state index in [1.54, 1.807) is 7.05 Å². The molecule has 1 aromatic heterocycles. The summed E-state index contributed by atoms with van der Waals surface area (Å²) >= 11 is 5.75. The molecule has 1 saturated heterocycles. The van der Waals surface area contributed by atoms with E-state index in [0.29, 0.717) is 12.7 Å². The Hall–Kier alpha value is -2.03. The maximum Gasteiger partial charge on any atom is 0.417 e. The topological polar surface area (TPSA) is 74.3 Å². The van der Waals surface area contributed by atoms with Crippen LogP contribution in [0.2, 0.25) is 5.02 Å². The van der Waals surface area contributed by atoms with Crippen molar-refractivity contribution in [2.45, 2.75) is 25.1 Å². The van der Waals surface area contributed by atoms with Crippen LogP contribution in [0.5, 0.6) is 0 Å². The van der Waals surface area contributed by atoms with Crippen molar-refractivity contribution in [3.63, 3.8) is 0 Å². The summed E-state index contributed by atoms with van der Waals surface area (Å²) in [5.74, 6) is -0.217. The number of aromatic nitrogens is 1. The molecule has 2 heterocycles. The van der Waals surface area contributed by atoms with Crippen molar-refractivity contribution >= 4 is 29.2 Å². The number of pyridine rings is 1. The van der Waals surface area contributed by atoms with Gasteiger partial charge >= 0.3 is 6.18 Å². The number of anilines is 1. The van der Waals surface area contributed by atoms with Crippen LogP contribution in [0.25, 0.3) is 0 Å². The van der Waals surface area contributed by atoms with Crippen molar-refractivity contribution in [1.82, 2.24) is 15.2 Å². The molecule has 6 nitrogen and oxygen atoms in total. The smallest absolute Gasteiger partial charge is 0.368 e. The largest absolute Gasteiger partial charge is 0.417 e. The fourth-order valence-electron chi connectivity index (χ4n) is 2.28. The van der Waals surface area contributed by atoms with Gasteiger partial charge in [-0.05, 0) is 6.07 Å². The molecule has 2 rings (SSSR count). The van der Waals surface area contributed by atoms with Gasteiger partial charge in [-0.15, -0.1) is 0 Å². The quantitative estimate of drug-likeness (QED) is 0.837. The molecule has 1 fully saturated rings. The Morgan fingerprint density at radius 2 is 2.21 bits per heavy atom. The molecule has 1 aliphatic rings. The number of likely N-dealkylation sites (tertiary alicyclic amines) is 1. The minimum absolute atomic E-state index is 0.0286. The van der Waals surface area contributed by atoms with Gasteiger partial charge in [-0.25, -0.2) is 4.98 Å². The maximum atomic E-state index is 12.5. The summed E-state index contributed by atoms with van der Waals surface area (Å²) in [4.78, 5) is 28.3. The van der Waals surface area contributed by atoms with Crippen LogP contribution in [0.3, 0.4) is 0 Å². The third-order valence-corrected chi connectivity index (χ3v) is 3.81. The standard InChI is InChI=1S/C14H16ClF3N4O2/c1-22-7-9(5-12(22)24)21-11(23)2-3-19-13-10(15)4-8(6-20-13)14(16,17)18/h4,6,9H,2-3,5,7H2,1H3,(H,19,20)(H,21,23). The van der Waals surface area contributed by atoms with E-state index in [0.717, 1.165) is 6.07 Å². The van der Waals surface area contributed by atoms with E-state index in [-0.39, 0.29) is 48.1 Å². The van der Waals surface area contributed by atoms with Crippen LogP contribution in [0.15, 0.2) is 12.3 Å². The third-order valence-electron chi connectivity index (χ3n) is 3.52. The Morgan fingerprint density at radius 3 is 2.75 bits per heavy atom. The monoisotopic (exact) mass is 364 g/mol. The molecule has 2 N–H and O–H groups in total. The Morgan fingerprint density at radius 1 is 1.50 bits per heavy atom. The predicted molar refractivity (Wildman–Crippen MR) is 81.5 cm³/mol. The van der Waals surface area contributed by atoms with Crippen molar-refractivity contribution in [2.75, 3.05) is 25.5 Å². The first-order valence-electron chi connectivity index (χ1n) is 7.16. The summed E-state index contributed by atoms with van der Waals surface area (Å²) < 4.78 is 37.5. The molecule has 1 aliphatic heterocycles. The van der Waals surface area contributed by atoms with Gasteiger partial charge in [0.25, 0.3) is 0 Å². The van der Waals surface area contributed by atoms with Gasteiger partial charge in [0, 0.05) is 39.2 Å². The lowest BCUT2D eigenvalue weighted by molar-refractivity contribution is -0.137. The summed E-state index contributed by atoms with van der Waals surface area (Å²) in [6.07, 6.45) is -3.50. The molecular formula is C14H16ClF3N4O2. The molecule has 0 aliphatic carbocycles. The molecular weight excluding hydrogens is 349 g/mol. The molecule has 24 heavy (non-hydrogen) atoms. The molecule has 0 bridgehead atoms. The first-order valence-corrected chi connectivity index (χ1v) is 7.54. The fraction of sp³-hybridized carbons (Fsp3) is 0.500. The van der Waals surface area contributed by atoms with E-state index >= 15 is 0 Å². The van der Waals surface area contributed by atoms with Crippen molar-refractivity contribution in [1.29, 1.82) is 0 Å². The Labute approximate surface area is 141 Å². The van der Waals surface area contributed by atoms with Crippen LogP contribution in [0, 0.1) is 0 Å². The first-order chi connectivity index (χ1) is 11.2. The number of amides is 2. The number of halogens is 4. The average Bonchev–Trinajstić information content (AvgIpc) is 2.77. The Bertz CT molecular complexity index is 639. The summed E-state index contributed by atoms with van der Waals surface area (Å²) in [7, 11) is 1.66. The zero-order valence-electron chi connectivity index (χ0n) is 12.8. The number of carbonyl (C=O) groups excluding carboxylic acids is 2. The second-order valence-corrected chi connectivity index (χ2v) is 5.88. The number of alkyl halides is 3. The highest BCUT2D eigenvalue weighted by Gasteiger charge is 2.31. The lowest BCUT2D eigenvalue weighted by Crippen LogP contribution is -2.37. The average molecular weight is 365 g/mol. The van der Waals surface area contributed by atoms with Gasteiger partial charge in [0.1, 0.15) is 5.82 Å². The fourth-order valence-corrected chi connectivity index (χ4v) is 2.51. The highest BCUT2D eigenvalue weighted by molar-refractivity contribution is 6.32. The molecule has 1 aromatic rings. The van der Waals surface area contributed by atoms with Crippen LogP contribution in [-0.4, -0.2) is 47.9 Å². The lowest BCUT2D eigenvalue weighted by Gasteiger charge is -2.13. The second kappa shape index (κ2) is 7.25. The van der Waals surface area contributed by atoms with E-state index in [1.165, 1.54) is 4.90 Å². The summed E-state index contributed by atoms with van der Waals surface area (Å²) in [6, 6.07) is 0.555. The van der Waals surface area contributed by atoms with Crippen molar-refractivity contribution in [3.05, 3.63) is 22.8 Å². The van der Waals surface area contributed by atoms with Crippen LogP contribution in [0.1, 0.15) is 18.4 Å². The number of nitrogens with zero attached hydrogens (tertiary/aromatic N) is 2. The Kier molecular flexibility index (Phi) is 5.53. The number of hydrogen-bond donors (Lipinski definition) is 2. The van der Waals surface area contributed by atoms with Crippen LogP contribution >= 0.6 is 11.6 Å². The normalized spacial score (nSPS) is 18.0. The molecule has 1 atom stereocenters. The van der Waals surface area contributed by atoms with E-state index in [2.05, 4.69) is 15.6 Å². The minimum Gasteiger partial charge on any atom is -0.368 e. The van der Waals surface area contributed by atoms with E-state index < -0.39 is 11.7 Å². The van der Waals surface area contributed by atoms with Gasteiger partial charge in [-0.2, -0.15) is 13.2 Å². The first kappa shape index (κ1) is 18.3. The van der Waals surface area contributed by atoms with Crippen molar-refractivity contribution < 1.29 is 22.8 Å². The van der Waals surface area contributed by atoms with Gasteiger partial charge < -0.3 is 15.5 Å². The number of rotatable bonds is 5. The molecule has 132 valence electrons. The zero-order chi connectivity index (χ0) is 17.9. The predicted octanol–water partition coefficient (Wildman–Crippen LogP) is 1.90. The number of carbonyl (C=O) groups is 2. The molecule has 10 heteroatoms. The highest BCUT2D eigenvalue weighted by atomic mass is 35.5. The van der Waals surface area contributed by atoms with Gasteiger partial charge in [0.2, 0.25) is 11.8 Å². The molecule has 0 aromatic carbocycles. The minimum atomic E-state index is -4.51. The van der Waals surface area contributed by atoms with Crippen molar-refractivity contribution in [2.24, 2.45) is 0 Å². The number of likely N-dealkylation sites (N-methyl/N-ethyl adjacent to an activating group) is 1. The highest BCUT2D eigenvalue weighted by Crippen LogP contribution is 2.32. The molecule has 2 amide bonds. The van der Waals surface area contributed by atoms with Gasteiger partial charge in [-0.3, -0.25) is 9.59 Å². The number of nitrogens with one attached hydrogen (secondary N) is 2. The van der Waals surface area contributed by atoms with Crippen molar-refractivity contribution in [3.8, 4) is 0 Å². The van der Waals surface area contributed by atoms with E-state index in [1.807, 2.05) is 0 Å². The summed E-state index contributed by atoms with van der Waals surface area (Å²) in [5, 5.41) is 5.27. The summed E-state index contributed by atoms with van der Waals surface area (Å²) in [6.45, 7) is 0.616. The van der Waals surface area contributed by atoms with Crippen LogP contribution in [-0.2, 0) is 15.8 Å². The lowest BCUT2D eigenvalue weighted by atomic mass is 10.2. The molecule has 1 unspecified atom stereocenters. The summed E-state index contributed by atoms with van der Waals surface area (Å²) in [5.41, 5.74) is -0.939. The number of hydrogen-bond acceptors (Lipinski definition) is 4. The zero-order valence-corrected chi connectivity index (χ0v) is 13.5. The third kappa shape index (κ3) is 4.73. The molecule has 0 spiro atoms. The SMILES string of the molecule is CN1CC(NC(=O)CCNc2ncc(C(F)(F)F)cc2Cl)CC1=O. The molecule has 0 radical (unpaired) electrons. The van der Waals surface area contributed by atoms with Gasteiger partial charge in [0.15, 0.2) is 0 Å². The van der Waals surface area contributed by atoms with Gasteiger partial charge in [0.05, 0.1) is 16.6 Å². The van der Waals surface area contributed by atoms with E-state index in [4.69, 9.17) is 11.6 Å². The molecule has 0 saturated carbocycles. The van der Waals surface area contributed by atoms with Crippen LogP contribution in [0.4, 0.5) is 19.0 Å². The van der Waals surface area contributed by atoms with Crippen LogP contribution < -0.4 is 10.6 Å². The van der Waals surface area contributed by atoms with Gasteiger partial charge in [-0.1, -0.05) is 11.6 Å².